The summed E-state index contributed by atoms with van der Waals surface area (Å²) in [7, 11) is -2.63. The van der Waals surface area contributed by atoms with Gasteiger partial charge in [0.2, 0.25) is 10.9 Å². The molecule has 1 atom stereocenters. The van der Waals surface area contributed by atoms with Crippen LogP contribution in [0.3, 0.4) is 0 Å². The highest BCUT2D eigenvalue weighted by Gasteiger charge is 2.35. The molecule has 0 N–H and O–H groups in total. The number of likely N-dealkylation sites (tertiary alicyclic amines) is 1. The van der Waals surface area contributed by atoms with Gasteiger partial charge < -0.3 is 13.8 Å². The molecule has 1 saturated heterocycles. The molecule has 0 radical (unpaired) electrons. The van der Waals surface area contributed by atoms with Gasteiger partial charge >= 0.3 is 16.2 Å². The molecule has 10 heteroatoms. The van der Waals surface area contributed by atoms with Gasteiger partial charge in [-0.1, -0.05) is 66.7 Å². The minimum absolute atomic E-state index is 0.113. The van der Waals surface area contributed by atoms with Crippen LogP contribution in [0.5, 0.6) is 5.75 Å². The number of ether oxygens (including phenoxy) is 1. The number of fused-ring (bicyclic) bond motifs is 1. The van der Waals surface area contributed by atoms with Crippen LogP contribution < -0.4 is 4.18 Å². The number of hydrogen-bond donors (Lipinski definition) is 0. The third-order valence-electron chi connectivity index (χ3n) is 8.16. The van der Waals surface area contributed by atoms with Gasteiger partial charge in [-0.3, -0.25) is 9.69 Å². The summed E-state index contributed by atoms with van der Waals surface area (Å²) in [6.45, 7) is 6.58. The first-order valence-electron chi connectivity index (χ1n) is 15.6. The summed E-state index contributed by atoms with van der Waals surface area (Å²) in [6.07, 6.45) is 3.82. The highest BCUT2D eigenvalue weighted by atomic mass is 32.2. The van der Waals surface area contributed by atoms with E-state index < -0.39 is 27.9 Å². The fraction of sp³-hybridized carbons (Fsp3) is 0.361. The van der Waals surface area contributed by atoms with Crippen molar-refractivity contribution in [2.75, 3.05) is 20.1 Å². The average Bonchev–Trinajstić information content (AvgIpc) is 3.03. The SMILES string of the molecule is CN(C(=O)OC(C)(C)C)[C@@H](Cc1ccc(OS(=O)(=O)c2nccc3ccccc23)cc1)C(=O)N1CCC(Cc2ccccc2)CC1. The quantitative estimate of drug-likeness (QED) is 0.198. The van der Waals surface area contributed by atoms with Crippen LogP contribution in [0.15, 0.2) is 96.2 Å². The Morgan fingerprint density at radius 1 is 0.913 bits per heavy atom. The minimum atomic E-state index is -4.21. The molecule has 1 aliphatic rings. The molecule has 3 aromatic carbocycles. The molecule has 5 rings (SSSR count). The standard InChI is InChI=1S/C36H41N3O6S/c1-36(2,3)44-35(41)38(4)32(34(40)39-22-19-28(20-23-39)24-26-10-6-5-7-11-26)25-27-14-16-30(17-15-27)45-46(42,43)33-31-13-9-8-12-29(31)18-21-37-33/h5-18,21,28,32H,19-20,22-25H2,1-4H3/t32-/m0/s1. The fourth-order valence-corrected chi connectivity index (χ4v) is 6.82. The highest BCUT2D eigenvalue weighted by Crippen LogP contribution is 2.27. The number of carbonyl (C=O) groups excluding carboxylic acids is 2. The van der Waals surface area contributed by atoms with Crippen LogP contribution in [0.1, 0.15) is 44.7 Å². The molecule has 0 bridgehead atoms. The molecule has 0 unspecified atom stereocenters. The van der Waals surface area contributed by atoms with E-state index in [4.69, 9.17) is 8.92 Å². The molecular weight excluding hydrogens is 602 g/mol. The number of benzene rings is 3. The van der Waals surface area contributed by atoms with Crippen molar-refractivity contribution >= 4 is 32.9 Å². The number of hydrogen-bond acceptors (Lipinski definition) is 7. The molecular formula is C36H41N3O6S. The van der Waals surface area contributed by atoms with E-state index >= 15 is 0 Å². The van der Waals surface area contributed by atoms with Crippen molar-refractivity contribution < 1.29 is 26.9 Å². The molecule has 1 fully saturated rings. The number of carbonyl (C=O) groups is 2. The van der Waals surface area contributed by atoms with E-state index in [1.165, 1.54) is 16.7 Å². The smallest absolute Gasteiger partial charge is 0.410 e. The largest absolute Gasteiger partial charge is 0.444 e. The Morgan fingerprint density at radius 2 is 1.57 bits per heavy atom. The Bertz CT molecular complexity index is 1760. The Labute approximate surface area is 271 Å². The normalized spacial score (nSPS) is 14.9. The summed E-state index contributed by atoms with van der Waals surface area (Å²) in [6, 6.07) is 24.9. The molecule has 4 aromatic rings. The minimum Gasteiger partial charge on any atom is -0.444 e. The van der Waals surface area contributed by atoms with E-state index in [-0.39, 0.29) is 23.1 Å². The second-order valence-electron chi connectivity index (χ2n) is 12.8. The van der Waals surface area contributed by atoms with Crippen LogP contribution in [0.2, 0.25) is 0 Å². The van der Waals surface area contributed by atoms with Crippen LogP contribution in [0.4, 0.5) is 4.79 Å². The first-order valence-corrected chi connectivity index (χ1v) is 17.0. The molecule has 1 aliphatic heterocycles. The third kappa shape index (κ3) is 8.23. The van der Waals surface area contributed by atoms with Gasteiger partial charge in [0.15, 0.2) is 0 Å². The summed E-state index contributed by atoms with van der Waals surface area (Å²) < 4.78 is 37.4. The van der Waals surface area contributed by atoms with E-state index in [9.17, 15) is 18.0 Å². The molecule has 2 heterocycles. The first-order chi connectivity index (χ1) is 21.9. The third-order valence-corrected chi connectivity index (χ3v) is 9.37. The number of amides is 2. The van der Waals surface area contributed by atoms with Gasteiger partial charge in [0.1, 0.15) is 17.4 Å². The summed E-state index contributed by atoms with van der Waals surface area (Å²) in [5.74, 6) is 0.459. The van der Waals surface area contributed by atoms with Crippen molar-refractivity contribution in [3.8, 4) is 5.75 Å². The van der Waals surface area contributed by atoms with Crippen LogP contribution >= 0.6 is 0 Å². The number of nitrogens with zero attached hydrogens (tertiary/aromatic N) is 3. The zero-order valence-electron chi connectivity index (χ0n) is 26.8. The van der Waals surface area contributed by atoms with E-state index in [1.54, 1.807) is 70.3 Å². The maximum absolute atomic E-state index is 14.0. The van der Waals surface area contributed by atoms with Gasteiger partial charge in [-0.15, -0.1) is 0 Å². The van der Waals surface area contributed by atoms with Gasteiger partial charge in [-0.25, -0.2) is 9.78 Å². The molecule has 9 nitrogen and oxygen atoms in total. The highest BCUT2D eigenvalue weighted by molar-refractivity contribution is 7.87. The molecule has 46 heavy (non-hydrogen) atoms. The zero-order chi connectivity index (χ0) is 32.9. The Hall–Kier alpha value is -4.44. The number of rotatable bonds is 9. The van der Waals surface area contributed by atoms with Crippen molar-refractivity contribution in [1.29, 1.82) is 0 Å². The molecule has 0 saturated carbocycles. The summed E-state index contributed by atoms with van der Waals surface area (Å²) in [4.78, 5) is 34.4. The first kappa shape index (κ1) is 32.9. The van der Waals surface area contributed by atoms with E-state index in [0.717, 1.165) is 30.2 Å². The Kier molecular flexibility index (Phi) is 9.96. The molecule has 1 aromatic heterocycles. The molecule has 2 amide bonds. The van der Waals surface area contributed by atoms with Crippen LogP contribution in [0.25, 0.3) is 10.8 Å². The van der Waals surface area contributed by atoms with E-state index in [1.807, 2.05) is 35.2 Å². The lowest BCUT2D eigenvalue weighted by molar-refractivity contribution is -0.137. The molecule has 242 valence electrons. The summed E-state index contributed by atoms with van der Waals surface area (Å²) in [5.41, 5.74) is 1.31. The lowest BCUT2D eigenvalue weighted by Crippen LogP contribution is -2.53. The van der Waals surface area contributed by atoms with Gasteiger partial charge in [0.25, 0.3) is 0 Å². The van der Waals surface area contributed by atoms with Crippen molar-refractivity contribution in [3.05, 3.63) is 102 Å². The van der Waals surface area contributed by atoms with Gasteiger partial charge in [-0.2, -0.15) is 8.42 Å². The van der Waals surface area contributed by atoms with Crippen LogP contribution in [-0.2, 0) is 32.5 Å². The van der Waals surface area contributed by atoms with Gasteiger partial charge in [0, 0.05) is 38.1 Å². The predicted molar refractivity (Wildman–Crippen MR) is 177 cm³/mol. The lowest BCUT2D eigenvalue weighted by Gasteiger charge is -2.37. The van der Waals surface area contributed by atoms with E-state index in [0.29, 0.717) is 24.4 Å². The van der Waals surface area contributed by atoms with Crippen molar-refractivity contribution in [2.24, 2.45) is 5.92 Å². The number of aromatic nitrogens is 1. The number of likely N-dealkylation sites (N-methyl/N-ethyl adjacent to an activating group) is 1. The number of pyridine rings is 1. The Morgan fingerprint density at radius 3 is 2.24 bits per heavy atom. The lowest BCUT2D eigenvalue weighted by atomic mass is 9.89. The second kappa shape index (κ2) is 13.9. The number of piperidine rings is 1. The van der Waals surface area contributed by atoms with Crippen molar-refractivity contribution in [1.82, 2.24) is 14.8 Å². The van der Waals surface area contributed by atoms with Crippen molar-refractivity contribution in [3.63, 3.8) is 0 Å². The molecule has 0 aliphatic carbocycles. The average molecular weight is 644 g/mol. The Balaban J connectivity index is 1.29. The molecule has 0 spiro atoms. The maximum atomic E-state index is 14.0. The van der Waals surface area contributed by atoms with Gasteiger partial charge in [0.05, 0.1) is 0 Å². The van der Waals surface area contributed by atoms with Crippen molar-refractivity contribution in [2.45, 2.75) is 63.1 Å². The second-order valence-corrected chi connectivity index (χ2v) is 14.2. The summed E-state index contributed by atoms with van der Waals surface area (Å²) >= 11 is 0. The monoisotopic (exact) mass is 643 g/mol. The fourth-order valence-electron chi connectivity index (χ4n) is 5.73. The van der Waals surface area contributed by atoms with Gasteiger partial charge in [-0.05, 0) is 80.7 Å². The topological polar surface area (TPSA) is 106 Å². The predicted octanol–water partition coefficient (Wildman–Crippen LogP) is 6.26. The van der Waals surface area contributed by atoms with Crippen LogP contribution in [0, 0.1) is 5.92 Å². The summed E-state index contributed by atoms with van der Waals surface area (Å²) in [5, 5.41) is 1.05. The zero-order valence-corrected chi connectivity index (χ0v) is 27.6. The maximum Gasteiger partial charge on any atom is 0.410 e. The van der Waals surface area contributed by atoms with Crippen LogP contribution in [-0.4, -0.2) is 67.0 Å². The van der Waals surface area contributed by atoms with E-state index in [2.05, 4.69) is 17.1 Å².